The van der Waals surface area contributed by atoms with Crippen LogP contribution in [0.5, 0.6) is 0 Å². The van der Waals surface area contributed by atoms with Crippen molar-refractivity contribution in [2.24, 2.45) is 0 Å². The second-order valence-electron chi connectivity index (χ2n) is 11.6. The Balaban J connectivity index is 0.000000320. The van der Waals surface area contributed by atoms with Gasteiger partial charge in [0.05, 0.1) is 11.4 Å². The fourth-order valence-corrected chi connectivity index (χ4v) is 3.36. The predicted octanol–water partition coefficient (Wildman–Crippen LogP) is 9.31. The Morgan fingerprint density at radius 3 is 1.14 bits per heavy atom. The summed E-state index contributed by atoms with van der Waals surface area (Å²) in [6, 6.07) is 29.6. The van der Waals surface area contributed by atoms with Gasteiger partial charge in [-0.3, -0.25) is 24.9 Å². The molecular formula is C45H53N11. The minimum absolute atomic E-state index is 0.822. The first kappa shape index (κ1) is 47.0. The molecule has 0 fully saturated rings. The van der Waals surface area contributed by atoms with Crippen molar-refractivity contribution >= 4 is 0 Å². The molecule has 11 nitrogen and oxygen atoms in total. The molecule has 56 heavy (non-hydrogen) atoms. The van der Waals surface area contributed by atoms with E-state index in [-0.39, 0.29) is 0 Å². The van der Waals surface area contributed by atoms with Gasteiger partial charge in [-0.25, -0.2) is 19.9 Å². The van der Waals surface area contributed by atoms with Gasteiger partial charge >= 0.3 is 0 Å². The molecule has 7 aromatic heterocycles. The summed E-state index contributed by atoms with van der Waals surface area (Å²) in [5, 5.41) is 7.36. The second-order valence-corrected chi connectivity index (χ2v) is 11.6. The maximum Gasteiger partial charge on any atom is 0.125 e. The molecule has 0 aliphatic carbocycles. The average Bonchev–Trinajstić information content (AvgIpc) is 3.22. The fraction of sp³-hybridized carbons (Fsp3) is 0.178. The van der Waals surface area contributed by atoms with Crippen LogP contribution in [0, 0.1) is 55.4 Å². The molecule has 0 aliphatic heterocycles. The topological polar surface area (TPSA) is 142 Å². The van der Waals surface area contributed by atoms with Gasteiger partial charge in [0, 0.05) is 86.3 Å². The molecule has 0 N–H and O–H groups in total. The molecule has 1 aromatic carbocycles. The van der Waals surface area contributed by atoms with Crippen LogP contribution in [-0.2, 0) is 0 Å². The number of hydrogen-bond donors (Lipinski definition) is 0. The summed E-state index contributed by atoms with van der Waals surface area (Å²) < 4.78 is 0. The van der Waals surface area contributed by atoms with Gasteiger partial charge in [0.15, 0.2) is 0 Å². The highest BCUT2D eigenvalue weighted by Crippen LogP contribution is 1.92. The van der Waals surface area contributed by atoms with Crippen molar-refractivity contribution < 1.29 is 0 Å². The lowest BCUT2D eigenvalue weighted by Crippen LogP contribution is -1.80. The zero-order chi connectivity index (χ0) is 40.9. The molecule has 0 saturated carbocycles. The molecule has 288 valence electrons. The lowest BCUT2D eigenvalue weighted by molar-refractivity contribution is 0.980. The highest BCUT2D eigenvalue weighted by atomic mass is 15.1. The molecule has 0 bridgehead atoms. The largest absolute Gasteiger partial charge is 0.265 e. The van der Waals surface area contributed by atoms with Crippen molar-refractivity contribution in [2.45, 2.75) is 55.4 Å². The Labute approximate surface area is 332 Å². The van der Waals surface area contributed by atoms with Crippen molar-refractivity contribution in [3.8, 4) is 0 Å². The molecule has 0 saturated heterocycles. The number of aryl methyl sites for hydroxylation is 8. The van der Waals surface area contributed by atoms with Crippen LogP contribution < -0.4 is 0 Å². The first-order valence-electron chi connectivity index (χ1n) is 17.7. The van der Waals surface area contributed by atoms with Crippen LogP contribution in [0.1, 0.15) is 45.2 Å². The number of benzene rings is 1. The molecule has 0 unspecified atom stereocenters. The van der Waals surface area contributed by atoms with E-state index in [1.807, 2.05) is 127 Å². The summed E-state index contributed by atoms with van der Waals surface area (Å²) in [6.45, 7) is 15.8. The highest BCUT2D eigenvalue weighted by Gasteiger charge is 1.78. The van der Waals surface area contributed by atoms with Gasteiger partial charge in [-0.1, -0.05) is 48.0 Å². The monoisotopic (exact) mass is 747 g/mol. The zero-order valence-corrected chi connectivity index (χ0v) is 33.7. The Morgan fingerprint density at radius 2 is 0.857 bits per heavy atom. The van der Waals surface area contributed by atoms with E-state index in [0.717, 1.165) is 28.5 Å². The lowest BCUT2D eigenvalue weighted by atomic mass is 10.2. The first-order valence-corrected chi connectivity index (χ1v) is 17.7. The van der Waals surface area contributed by atoms with E-state index in [1.165, 1.54) is 23.0 Å². The number of pyridine rings is 3. The van der Waals surface area contributed by atoms with Gasteiger partial charge in [0.1, 0.15) is 12.2 Å². The third kappa shape index (κ3) is 30.6. The fourth-order valence-electron chi connectivity index (χ4n) is 3.36. The number of hydrogen-bond acceptors (Lipinski definition) is 11. The SMILES string of the molecule is Cc1ccccc1.Cc1ccccn1.Cc1cccnc1.Cc1cccnn1.Cc1ccncc1.Cc1cnccn1.Cc1cncnc1.Cc1ncccn1. The zero-order valence-electron chi connectivity index (χ0n) is 33.7. The van der Waals surface area contributed by atoms with Crippen LogP contribution in [0.15, 0.2) is 178 Å². The summed E-state index contributed by atoms with van der Waals surface area (Å²) in [5.74, 6) is 0.822. The normalized spacial score (nSPS) is 8.71. The van der Waals surface area contributed by atoms with Gasteiger partial charge in [0.25, 0.3) is 0 Å². The third-order valence-electron chi connectivity index (χ3n) is 6.19. The summed E-state index contributed by atoms with van der Waals surface area (Å²) in [5.41, 5.74) is 7.88. The van der Waals surface area contributed by atoms with Crippen molar-refractivity contribution in [3.63, 3.8) is 0 Å². The molecule has 0 amide bonds. The maximum atomic E-state index is 3.98. The molecule has 8 aromatic rings. The van der Waals surface area contributed by atoms with E-state index in [1.54, 1.807) is 80.4 Å². The van der Waals surface area contributed by atoms with Gasteiger partial charge < -0.3 is 0 Å². The molecule has 8 rings (SSSR count). The third-order valence-corrected chi connectivity index (χ3v) is 6.19. The Bertz CT molecular complexity index is 1530. The Kier molecular flexibility index (Phi) is 27.4. The van der Waals surface area contributed by atoms with E-state index < -0.39 is 0 Å². The number of nitrogens with zero attached hydrogens (tertiary/aromatic N) is 11. The minimum atomic E-state index is 0.822. The lowest BCUT2D eigenvalue weighted by Gasteiger charge is -1.82. The average molecular weight is 748 g/mol. The van der Waals surface area contributed by atoms with Crippen LogP contribution in [0.4, 0.5) is 0 Å². The molecular weight excluding hydrogens is 695 g/mol. The second kappa shape index (κ2) is 32.6. The highest BCUT2D eigenvalue weighted by molar-refractivity contribution is 5.12. The molecule has 0 spiro atoms. The van der Waals surface area contributed by atoms with Gasteiger partial charge in [-0.2, -0.15) is 10.2 Å². The van der Waals surface area contributed by atoms with Crippen molar-refractivity contribution in [1.82, 2.24) is 55.1 Å². The van der Waals surface area contributed by atoms with Gasteiger partial charge in [-0.05, 0) is 121 Å². The molecule has 11 heteroatoms. The van der Waals surface area contributed by atoms with Crippen LogP contribution in [0.3, 0.4) is 0 Å². The first-order chi connectivity index (χ1) is 27.2. The predicted molar refractivity (Wildman–Crippen MR) is 225 cm³/mol. The van der Waals surface area contributed by atoms with E-state index in [9.17, 15) is 0 Å². The molecule has 7 heterocycles. The number of aromatic nitrogens is 11. The van der Waals surface area contributed by atoms with Crippen molar-refractivity contribution in [1.29, 1.82) is 0 Å². The van der Waals surface area contributed by atoms with Gasteiger partial charge in [0.2, 0.25) is 0 Å². The molecule has 0 radical (unpaired) electrons. The molecule has 0 atom stereocenters. The quantitative estimate of drug-likeness (QED) is 0.146. The summed E-state index contributed by atoms with van der Waals surface area (Å²) in [6.07, 6.45) is 24.2. The van der Waals surface area contributed by atoms with Crippen LogP contribution >= 0.6 is 0 Å². The van der Waals surface area contributed by atoms with Crippen molar-refractivity contribution in [2.75, 3.05) is 0 Å². The van der Waals surface area contributed by atoms with E-state index >= 15 is 0 Å². The van der Waals surface area contributed by atoms with E-state index in [0.29, 0.717) is 0 Å². The standard InChI is InChI=1S/C7H8.3C6H7N.4C5H6N2/c1-7-5-3-2-4-6-7;1-6-2-4-7-5-3-6;1-6-3-2-4-7-5-6;1-6-4-2-3-5-7-6;1-5-2-6-4-7-3-5;1-5-4-6-2-3-7-5;1-5-6-3-2-4-7-5;1-5-3-2-4-6-7-5/h2-6H,1H3;3*2-5H,1H3;4*2-4H,1H3. The van der Waals surface area contributed by atoms with Crippen LogP contribution in [-0.4, -0.2) is 55.1 Å². The van der Waals surface area contributed by atoms with E-state index in [4.69, 9.17) is 0 Å². The summed E-state index contributed by atoms with van der Waals surface area (Å²) in [4.78, 5) is 34.7. The summed E-state index contributed by atoms with van der Waals surface area (Å²) in [7, 11) is 0. The summed E-state index contributed by atoms with van der Waals surface area (Å²) >= 11 is 0. The Morgan fingerprint density at radius 1 is 0.304 bits per heavy atom. The van der Waals surface area contributed by atoms with Crippen LogP contribution in [0.2, 0.25) is 0 Å². The van der Waals surface area contributed by atoms with Crippen LogP contribution in [0.25, 0.3) is 0 Å². The Hall–Kier alpha value is -7.01. The minimum Gasteiger partial charge on any atom is -0.265 e. The van der Waals surface area contributed by atoms with Crippen molar-refractivity contribution in [3.05, 3.63) is 223 Å². The smallest absolute Gasteiger partial charge is 0.125 e. The number of rotatable bonds is 0. The van der Waals surface area contributed by atoms with E-state index in [2.05, 4.69) is 74.1 Å². The molecule has 0 aliphatic rings. The van der Waals surface area contributed by atoms with Gasteiger partial charge in [-0.15, -0.1) is 0 Å². The maximum absolute atomic E-state index is 3.98.